The second kappa shape index (κ2) is 9.24. The summed E-state index contributed by atoms with van der Waals surface area (Å²) in [5.74, 6) is -0.0870. The highest BCUT2D eigenvalue weighted by Crippen LogP contribution is 2.46. The van der Waals surface area contributed by atoms with Gasteiger partial charge in [0.15, 0.2) is 4.90 Å². The average molecular weight is 478 g/mol. The van der Waals surface area contributed by atoms with E-state index < -0.39 is 17.1 Å². The number of nitrogens with zero attached hydrogens (tertiary/aromatic N) is 1. The van der Waals surface area contributed by atoms with Gasteiger partial charge in [0, 0.05) is 23.7 Å². The number of carboxylic acids is 1. The zero-order chi connectivity index (χ0) is 21.0. The molecule has 29 heavy (non-hydrogen) atoms. The molecule has 2 aromatic carbocycles. The van der Waals surface area contributed by atoms with Gasteiger partial charge in [-0.25, -0.2) is 4.79 Å². The minimum absolute atomic E-state index is 0.0730. The van der Waals surface area contributed by atoms with Crippen LogP contribution in [0.1, 0.15) is 26.7 Å². The molecule has 0 saturated heterocycles. The molecule has 1 aliphatic heterocycles. The molecule has 0 radical (unpaired) electrons. The van der Waals surface area contributed by atoms with Crippen molar-refractivity contribution in [3.8, 4) is 5.75 Å². The monoisotopic (exact) mass is 477 g/mol. The van der Waals surface area contributed by atoms with Crippen LogP contribution in [-0.2, 0) is 16.0 Å². The molecule has 0 spiro atoms. The Kier molecular flexibility index (Phi) is 6.93. The quantitative estimate of drug-likeness (QED) is 0.338. The Bertz CT molecular complexity index is 899. The molecule has 1 aliphatic rings. The highest BCUT2D eigenvalue weighted by molar-refractivity contribution is 9.10. The lowest BCUT2D eigenvalue weighted by Gasteiger charge is -2.34. The van der Waals surface area contributed by atoms with Gasteiger partial charge in [-0.15, -0.1) is 0 Å². The molecule has 154 valence electrons. The molecule has 1 atom stereocenters. The lowest BCUT2D eigenvalue weighted by atomic mass is 9.83. The van der Waals surface area contributed by atoms with Crippen molar-refractivity contribution in [1.82, 2.24) is 0 Å². The summed E-state index contributed by atoms with van der Waals surface area (Å²) in [4.78, 5) is 13.6. The van der Waals surface area contributed by atoms with Crippen LogP contribution in [0.3, 0.4) is 0 Å². The van der Waals surface area contributed by atoms with Gasteiger partial charge in [0.1, 0.15) is 11.5 Å². The molecule has 1 N–H and O–H groups in total. The number of halogens is 1. The molecule has 0 saturated carbocycles. The van der Waals surface area contributed by atoms with Crippen LogP contribution in [0.15, 0.2) is 64.2 Å². The predicted octanol–water partition coefficient (Wildman–Crippen LogP) is 5.49. The average Bonchev–Trinajstić information content (AvgIpc) is 2.83. The highest BCUT2D eigenvalue weighted by Gasteiger charge is 2.41. The van der Waals surface area contributed by atoms with Crippen LogP contribution in [0.2, 0.25) is 0 Å². The first-order valence-corrected chi connectivity index (χ1v) is 11.6. The Hall–Kier alpha value is -1.96. The molecule has 0 fully saturated rings. The van der Waals surface area contributed by atoms with Gasteiger partial charge in [0.25, 0.3) is 0 Å². The number of fused-ring (bicyclic) bond motifs is 1. The van der Waals surface area contributed by atoms with Crippen LogP contribution in [0, 0.1) is 5.41 Å². The maximum atomic E-state index is 13.4. The number of anilines is 2. The number of para-hydroxylation sites is 1. The molecule has 0 aliphatic carbocycles. The van der Waals surface area contributed by atoms with Crippen molar-refractivity contribution in [2.75, 3.05) is 17.2 Å². The third-order valence-corrected chi connectivity index (χ3v) is 7.77. The summed E-state index contributed by atoms with van der Waals surface area (Å²) in [6.07, 6.45) is 3.90. The van der Waals surface area contributed by atoms with Crippen molar-refractivity contribution < 1.29 is 19.2 Å². The maximum Gasteiger partial charge on any atom is 0.331 e. The molecular formula is C22H24BrNO4S. The number of carboxylic acid groups (broad SMARTS) is 1. The van der Waals surface area contributed by atoms with Crippen molar-refractivity contribution in [2.24, 2.45) is 5.41 Å². The SMILES string of the molecule is CCC1(CC)CN(c2ccccc2)c2cc(Br)c(O/C=C/C(=O)O)cc2[S+]([O-])C1. The Morgan fingerprint density at radius 2 is 2.00 bits per heavy atom. The van der Waals surface area contributed by atoms with Gasteiger partial charge in [-0.05, 0) is 58.1 Å². The van der Waals surface area contributed by atoms with Crippen LogP contribution in [0.25, 0.3) is 0 Å². The molecule has 5 nitrogen and oxygen atoms in total. The molecular weight excluding hydrogens is 454 g/mol. The van der Waals surface area contributed by atoms with Crippen LogP contribution in [0.4, 0.5) is 11.4 Å². The molecule has 2 aromatic rings. The summed E-state index contributed by atoms with van der Waals surface area (Å²) in [6, 6.07) is 13.8. The summed E-state index contributed by atoms with van der Waals surface area (Å²) in [5, 5.41) is 8.77. The van der Waals surface area contributed by atoms with E-state index >= 15 is 0 Å². The van der Waals surface area contributed by atoms with Crippen molar-refractivity contribution in [3.63, 3.8) is 0 Å². The second-order valence-electron chi connectivity index (χ2n) is 7.13. The zero-order valence-corrected chi connectivity index (χ0v) is 18.8. The Morgan fingerprint density at radius 1 is 1.31 bits per heavy atom. The topological polar surface area (TPSA) is 72.8 Å². The minimum Gasteiger partial charge on any atom is -0.611 e. The normalized spacial score (nSPS) is 18.3. The largest absolute Gasteiger partial charge is 0.611 e. The van der Waals surface area contributed by atoms with E-state index in [2.05, 4.69) is 46.8 Å². The molecule has 3 rings (SSSR count). The molecule has 1 heterocycles. The minimum atomic E-state index is -1.21. The Balaban J connectivity index is 2.11. The second-order valence-corrected chi connectivity index (χ2v) is 9.40. The van der Waals surface area contributed by atoms with E-state index in [4.69, 9.17) is 9.84 Å². The molecule has 1 unspecified atom stereocenters. The third-order valence-electron chi connectivity index (χ3n) is 5.45. The molecule has 7 heteroatoms. The molecule has 0 bridgehead atoms. The Morgan fingerprint density at radius 3 is 2.62 bits per heavy atom. The van der Waals surface area contributed by atoms with E-state index in [0.717, 1.165) is 43.1 Å². The van der Waals surface area contributed by atoms with Crippen molar-refractivity contribution in [3.05, 3.63) is 59.3 Å². The van der Waals surface area contributed by atoms with E-state index in [-0.39, 0.29) is 5.41 Å². The lowest BCUT2D eigenvalue weighted by molar-refractivity contribution is -0.131. The summed E-state index contributed by atoms with van der Waals surface area (Å²) >= 11 is 2.31. The number of ether oxygens (including phenoxy) is 1. The van der Waals surface area contributed by atoms with Crippen LogP contribution in [-0.4, -0.2) is 27.9 Å². The van der Waals surface area contributed by atoms with Gasteiger partial charge < -0.3 is 19.3 Å². The number of carbonyl (C=O) groups is 1. The van der Waals surface area contributed by atoms with Gasteiger partial charge in [-0.2, -0.15) is 0 Å². The third kappa shape index (κ3) is 4.79. The fourth-order valence-corrected chi connectivity index (χ4v) is 5.79. The van der Waals surface area contributed by atoms with Crippen molar-refractivity contribution >= 4 is 44.4 Å². The van der Waals surface area contributed by atoms with Crippen LogP contribution in [0.5, 0.6) is 5.75 Å². The van der Waals surface area contributed by atoms with Gasteiger partial charge >= 0.3 is 5.97 Å². The van der Waals surface area contributed by atoms with Crippen molar-refractivity contribution in [1.29, 1.82) is 0 Å². The van der Waals surface area contributed by atoms with E-state index in [9.17, 15) is 9.35 Å². The summed E-state index contributed by atoms with van der Waals surface area (Å²) in [7, 11) is 0. The standard InChI is InChI=1S/C22H24BrNO4S/c1-3-22(4-2)14-24(16-8-6-5-7-9-16)18-12-17(23)19(28-11-10-21(25)26)13-20(18)29(27)15-22/h5-13H,3-4,14-15H2,1-2H3,(H,25,26)/b11-10+. The first-order chi connectivity index (χ1) is 13.9. The first kappa shape index (κ1) is 21.7. The number of rotatable bonds is 6. The van der Waals surface area contributed by atoms with Gasteiger partial charge in [0.2, 0.25) is 0 Å². The highest BCUT2D eigenvalue weighted by atomic mass is 79.9. The number of aliphatic carboxylic acids is 1. The molecule has 0 aromatic heterocycles. The maximum absolute atomic E-state index is 13.4. The van der Waals surface area contributed by atoms with Crippen molar-refractivity contribution in [2.45, 2.75) is 31.6 Å². The van der Waals surface area contributed by atoms with E-state index in [1.165, 1.54) is 0 Å². The van der Waals surface area contributed by atoms with E-state index in [1.807, 2.05) is 24.3 Å². The van der Waals surface area contributed by atoms with E-state index in [1.54, 1.807) is 6.07 Å². The first-order valence-electron chi connectivity index (χ1n) is 9.50. The van der Waals surface area contributed by atoms with Gasteiger partial charge in [-0.1, -0.05) is 32.0 Å². The fourth-order valence-electron chi connectivity index (χ4n) is 3.51. The van der Waals surface area contributed by atoms with Gasteiger partial charge in [0.05, 0.1) is 22.5 Å². The predicted molar refractivity (Wildman–Crippen MR) is 119 cm³/mol. The summed E-state index contributed by atoms with van der Waals surface area (Å²) in [6.45, 7) is 5.08. The van der Waals surface area contributed by atoms with E-state index in [0.29, 0.717) is 20.9 Å². The molecule has 0 amide bonds. The fraction of sp³-hybridized carbons (Fsp3) is 0.318. The van der Waals surface area contributed by atoms with Gasteiger partial charge in [-0.3, -0.25) is 0 Å². The summed E-state index contributed by atoms with van der Waals surface area (Å²) < 4.78 is 19.5. The smallest absolute Gasteiger partial charge is 0.331 e. The zero-order valence-electron chi connectivity index (χ0n) is 16.4. The van der Waals surface area contributed by atoms with Crippen LogP contribution >= 0.6 is 15.9 Å². The number of hydrogen-bond donors (Lipinski definition) is 1. The Labute approximate surface area is 182 Å². The van der Waals surface area contributed by atoms with Crippen LogP contribution < -0.4 is 9.64 Å². The summed E-state index contributed by atoms with van der Waals surface area (Å²) in [5.41, 5.74) is 1.85. The lowest BCUT2D eigenvalue weighted by Crippen LogP contribution is -2.37. The number of hydrogen-bond acceptors (Lipinski definition) is 4. The number of benzene rings is 2.